The fourth-order valence-electron chi connectivity index (χ4n) is 5.00. The summed E-state index contributed by atoms with van der Waals surface area (Å²) in [5, 5.41) is 14.8. The summed E-state index contributed by atoms with van der Waals surface area (Å²) in [6.45, 7) is 0. The molecular weight excluding hydrogens is 414 g/mol. The minimum absolute atomic E-state index is 0.0271. The van der Waals surface area contributed by atoms with E-state index in [2.05, 4.69) is 39.4 Å². The highest BCUT2D eigenvalue weighted by molar-refractivity contribution is 9.10. The number of carbonyl (C=O) groups excluding carboxylic acids is 1. The standard InChI is InChI=1S/C24H28BrNO2/c25-19-11-6-10-18(16-19)22(24(28)14-4-1-5-15-24)23(27)26-21-13-7-9-17-8-2-3-12-20(17)21/h2-3,6,8,10-12,16,21-22,28H,1,4-5,7,9,13-15H2,(H,26,27). The van der Waals surface area contributed by atoms with Crippen molar-refractivity contribution in [2.75, 3.05) is 0 Å². The first-order valence-electron chi connectivity index (χ1n) is 10.4. The van der Waals surface area contributed by atoms with Crippen molar-refractivity contribution in [3.63, 3.8) is 0 Å². The monoisotopic (exact) mass is 441 g/mol. The van der Waals surface area contributed by atoms with Gasteiger partial charge in [0, 0.05) is 4.47 Å². The van der Waals surface area contributed by atoms with E-state index in [-0.39, 0.29) is 11.9 Å². The summed E-state index contributed by atoms with van der Waals surface area (Å²) in [5.41, 5.74) is 2.47. The smallest absolute Gasteiger partial charge is 0.230 e. The number of aliphatic hydroxyl groups is 1. The molecule has 2 aromatic rings. The first-order valence-corrected chi connectivity index (χ1v) is 11.2. The number of amides is 1. The number of rotatable bonds is 4. The van der Waals surface area contributed by atoms with E-state index in [0.29, 0.717) is 12.8 Å². The van der Waals surface area contributed by atoms with Crippen LogP contribution in [0, 0.1) is 0 Å². The Morgan fingerprint density at radius 3 is 2.64 bits per heavy atom. The van der Waals surface area contributed by atoms with Gasteiger partial charge in [0.15, 0.2) is 0 Å². The SMILES string of the molecule is O=C(NC1CCCc2ccccc21)C(c1cccc(Br)c1)C1(O)CCCCC1. The minimum atomic E-state index is -0.975. The molecule has 0 bridgehead atoms. The molecule has 2 aromatic carbocycles. The van der Waals surface area contributed by atoms with Crippen LogP contribution in [0.3, 0.4) is 0 Å². The van der Waals surface area contributed by atoms with Gasteiger partial charge < -0.3 is 10.4 Å². The summed E-state index contributed by atoms with van der Waals surface area (Å²) in [5.74, 6) is -0.594. The van der Waals surface area contributed by atoms with Crippen LogP contribution in [0.15, 0.2) is 53.0 Å². The van der Waals surface area contributed by atoms with Gasteiger partial charge in [-0.25, -0.2) is 0 Å². The van der Waals surface area contributed by atoms with Gasteiger partial charge in [0.25, 0.3) is 0 Å². The molecule has 1 fully saturated rings. The lowest BCUT2D eigenvalue weighted by atomic mass is 9.72. The van der Waals surface area contributed by atoms with Crippen molar-refractivity contribution in [3.05, 3.63) is 69.7 Å². The van der Waals surface area contributed by atoms with Gasteiger partial charge in [-0.15, -0.1) is 0 Å². The van der Waals surface area contributed by atoms with Crippen molar-refractivity contribution in [3.8, 4) is 0 Å². The summed E-state index contributed by atoms with van der Waals surface area (Å²) in [4.78, 5) is 13.6. The zero-order valence-corrected chi connectivity index (χ0v) is 17.7. The molecule has 0 spiro atoms. The Morgan fingerprint density at radius 1 is 1.07 bits per heavy atom. The third kappa shape index (κ3) is 4.04. The average Bonchev–Trinajstić information content (AvgIpc) is 2.69. The highest BCUT2D eigenvalue weighted by Gasteiger charge is 2.43. The number of hydrogen-bond acceptors (Lipinski definition) is 2. The maximum absolute atomic E-state index is 13.6. The third-order valence-corrected chi connectivity index (χ3v) is 6.88. The van der Waals surface area contributed by atoms with Gasteiger partial charge in [-0.1, -0.05) is 71.6 Å². The summed E-state index contributed by atoms with van der Waals surface area (Å²) in [7, 11) is 0. The Morgan fingerprint density at radius 2 is 1.86 bits per heavy atom. The van der Waals surface area contributed by atoms with Crippen LogP contribution in [0.2, 0.25) is 0 Å². The van der Waals surface area contributed by atoms with Crippen LogP contribution in [0.1, 0.15) is 73.6 Å². The second kappa shape index (κ2) is 8.38. The number of hydrogen-bond donors (Lipinski definition) is 2. The molecule has 0 heterocycles. The van der Waals surface area contributed by atoms with Gasteiger partial charge in [-0.05, 0) is 60.9 Å². The van der Waals surface area contributed by atoms with Crippen LogP contribution < -0.4 is 5.32 Å². The molecule has 4 rings (SSSR count). The quantitative estimate of drug-likeness (QED) is 0.664. The largest absolute Gasteiger partial charge is 0.389 e. The summed E-state index contributed by atoms with van der Waals surface area (Å²) < 4.78 is 0.935. The lowest BCUT2D eigenvalue weighted by Gasteiger charge is -2.39. The fraction of sp³-hybridized carbons (Fsp3) is 0.458. The highest BCUT2D eigenvalue weighted by Crippen LogP contribution is 2.41. The van der Waals surface area contributed by atoms with Crippen LogP contribution in [0.25, 0.3) is 0 Å². The van der Waals surface area contributed by atoms with E-state index in [0.717, 1.165) is 48.6 Å². The topological polar surface area (TPSA) is 49.3 Å². The Balaban J connectivity index is 1.64. The number of fused-ring (bicyclic) bond motifs is 1. The Kier molecular flexibility index (Phi) is 5.88. The second-order valence-electron chi connectivity index (χ2n) is 8.30. The van der Waals surface area contributed by atoms with E-state index in [4.69, 9.17) is 0 Å². The van der Waals surface area contributed by atoms with E-state index in [1.807, 2.05) is 30.3 Å². The van der Waals surface area contributed by atoms with Gasteiger partial charge in [-0.2, -0.15) is 0 Å². The van der Waals surface area contributed by atoms with Crippen molar-refractivity contribution in [1.29, 1.82) is 0 Å². The molecule has 0 aromatic heterocycles. The number of aryl methyl sites for hydroxylation is 1. The minimum Gasteiger partial charge on any atom is -0.389 e. The van der Waals surface area contributed by atoms with Crippen molar-refractivity contribution in [2.24, 2.45) is 0 Å². The molecule has 1 saturated carbocycles. The number of benzene rings is 2. The second-order valence-corrected chi connectivity index (χ2v) is 9.22. The van der Waals surface area contributed by atoms with Crippen LogP contribution in [-0.2, 0) is 11.2 Å². The molecule has 28 heavy (non-hydrogen) atoms. The molecule has 2 N–H and O–H groups in total. The predicted octanol–water partition coefficient (Wildman–Crippen LogP) is 5.42. The molecule has 148 valence electrons. The Bertz CT molecular complexity index is 844. The zero-order valence-electron chi connectivity index (χ0n) is 16.2. The zero-order chi connectivity index (χ0) is 19.6. The van der Waals surface area contributed by atoms with E-state index in [1.165, 1.54) is 11.1 Å². The van der Waals surface area contributed by atoms with Gasteiger partial charge >= 0.3 is 0 Å². The molecule has 2 unspecified atom stereocenters. The van der Waals surface area contributed by atoms with Crippen LogP contribution in [0.5, 0.6) is 0 Å². The van der Waals surface area contributed by atoms with Gasteiger partial charge in [0.05, 0.1) is 17.6 Å². The predicted molar refractivity (Wildman–Crippen MR) is 115 cm³/mol. The fourth-order valence-corrected chi connectivity index (χ4v) is 5.42. The third-order valence-electron chi connectivity index (χ3n) is 6.39. The maximum Gasteiger partial charge on any atom is 0.230 e. The normalized spacial score (nSPS) is 22.1. The first kappa shape index (κ1) is 19.7. The molecule has 1 amide bonds. The van der Waals surface area contributed by atoms with Crippen LogP contribution in [-0.4, -0.2) is 16.6 Å². The molecule has 0 saturated heterocycles. The van der Waals surface area contributed by atoms with Crippen LogP contribution in [0.4, 0.5) is 0 Å². The number of nitrogens with one attached hydrogen (secondary N) is 1. The van der Waals surface area contributed by atoms with Crippen molar-refractivity contribution in [1.82, 2.24) is 5.32 Å². The summed E-state index contributed by atoms with van der Waals surface area (Å²) in [6, 6.07) is 16.3. The molecule has 0 radical (unpaired) electrons. The van der Waals surface area contributed by atoms with Crippen molar-refractivity contribution < 1.29 is 9.90 Å². The lowest BCUT2D eigenvalue weighted by molar-refractivity contribution is -0.132. The Hall–Kier alpha value is -1.65. The maximum atomic E-state index is 13.6. The Labute approximate surface area is 175 Å². The van der Waals surface area contributed by atoms with E-state index >= 15 is 0 Å². The van der Waals surface area contributed by atoms with E-state index < -0.39 is 11.5 Å². The van der Waals surface area contributed by atoms with Crippen molar-refractivity contribution in [2.45, 2.75) is 68.9 Å². The molecule has 2 aliphatic carbocycles. The van der Waals surface area contributed by atoms with Gasteiger partial charge in [0.1, 0.15) is 0 Å². The molecule has 4 heteroatoms. The highest BCUT2D eigenvalue weighted by atomic mass is 79.9. The van der Waals surface area contributed by atoms with Crippen LogP contribution >= 0.6 is 15.9 Å². The van der Waals surface area contributed by atoms with E-state index in [9.17, 15) is 9.90 Å². The number of carbonyl (C=O) groups is 1. The average molecular weight is 442 g/mol. The molecule has 2 aliphatic rings. The summed E-state index contributed by atoms with van der Waals surface area (Å²) >= 11 is 3.53. The number of halogens is 1. The molecule has 3 nitrogen and oxygen atoms in total. The van der Waals surface area contributed by atoms with Gasteiger partial charge in [-0.3, -0.25) is 4.79 Å². The first-order chi connectivity index (χ1) is 13.6. The van der Waals surface area contributed by atoms with Crippen molar-refractivity contribution >= 4 is 21.8 Å². The molecule has 0 aliphatic heterocycles. The van der Waals surface area contributed by atoms with E-state index in [1.54, 1.807) is 0 Å². The summed E-state index contributed by atoms with van der Waals surface area (Å²) in [6.07, 6.45) is 7.53. The molecule has 2 atom stereocenters. The lowest BCUT2D eigenvalue weighted by Crippen LogP contribution is -2.47. The molecular formula is C24H28BrNO2. The van der Waals surface area contributed by atoms with Gasteiger partial charge in [0.2, 0.25) is 5.91 Å².